The highest BCUT2D eigenvalue weighted by molar-refractivity contribution is 7.08. The molecule has 0 spiro atoms. The van der Waals surface area contributed by atoms with E-state index in [2.05, 4.69) is 14.9 Å². The van der Waals surface area contributed by atoms with E-state index in [1.54, 1.807) is 0 Å². The molecule has 17 heavy (non-hydrogen) atoms. The van der Waals surface area contributed by atoms with Crippen molar-refractivity contribution in [3.63, 3.8) is 0 Å². The predicted molar refractivity (Wildman–Crippen MR) is 69.2 cm³/mol. The van der Waals surface area contributed by atoms with Crippen molar-refractivity contribution in [3.05, 3.63) is 10.6 Å². The number of hydrogen-bond donors (Lipinski definition) is 2. The standard InChI is InChI=1S/C11H20N4OS/c1-11(2,3)9-8(17-15-14-9)10(16)13-7-5-4-6-12/h4-7,12H2,1-3H3,(H,13,16). The van der Waals surface area contributed by atoms with Gasteiger partial charge in [0.05, 0.1) is 5.69 Å². The number of nitrogens with zero attached hydrogens (tertiary/aromatic N) is 2. The summed E-state index contributed by atoms with van der Waals surface area (Å²) in [5, 5.41) is 6.91. The number of amides is 1. The summed E-state index contributed by atoms with van der Waals surface area (Å²) in [6.45, 7) is 7.38. The maximum Gasteiger partial charge on any atom is 0.264 e. The summed E-state index contributed by atoms with van der Waals surface area (Å²) in [6.07, 6.45) is 1.83. The molecule has 0 aliphatic heterocycles. The van der Waals surface area contributed by atoms with Crippen molar-refractivity contribution < 1.29 is 4.79 Å². The van der Waals surface area contributed by atoms with Crippen LogP contribution in [0, 0.1) is 0 Å². The van der Waals surface area contributed by atoms with Crippen LogP contribution in [0.1, 0.15) is 49.0 Å². The van der Waals surface area contributed by atoms with Crippen LogP contribution in [0.25, 0.3) is 0 Å². The van der Waals surface area contributed by atoms with Crippen LogP contribution >= 0.6 is 11.5 Å². The van der Waals surface area contributed by atoms with Gasteiger partial charge >= 0.3 is 0 Å². The average molecular weight is 256 g/mol. The number of rotatable bonds is 5. The van der Waals surface area contributed by atoms with Crippen molar-refractivity contribution in [2.24, 2.45) is 5.73 Å². The van der Waals surface area contributed by atoms with E-state index in [0.29, 0.717) is 18.0 Å². The molecule has 1 amide bonds. The second-order valence-corrected chi connectivity index (χ2v) is 5.71. The summed E-state index contributed by atoms with van der Waals surface area (Å²) in [5.41, 5.74) is 6.00. The summed E-state index contributed by atoms with van der Waals surface area (Å²) < 4.78 is 3.86. The lowest BCUT2D eigenvalue weighted by Crippen LogP contribution is -2.27. The van der Waals surface area contributed by atoms with Gasteiger partial charge in [0.15, 0.2) is 0 Å². The summed E-state index contributed by atoms with van der Waals surface area (Å²) in [4.78, 5) is 12.5. The molecule has 0 aliphatic rings. The lowest BCUT2D eigenvalue weighted by Gasteiger charge is -2.16. The van der Waals surface area contributed by atoms with Crippen LogP contribution in [0.5, 0.6) is 0 Å². The van der Waals surface area contributed by atoms with E-state index in [0.717, 1.165) is 30.1 Å². The zero-order chi connectivity index (χ0) is 12.9. The number of hydrogen-bond acceptors (Lipinski definition) is 5. The third-order valence-corrected chi connectivity index (χ3v) is 3.05. The molecular weight excluding hydrogens is 236 g/mol. The fourth-order valence-electron chi connectivity index (χ4n) is 1.38. The SMILES string of the molecule is CC(C)(C)c1nnsc1C(=O)NCCCCN. The van der Waals surface area contributed by atoms with E-state index in [9.17, 15) is 4.79 Å². The molecule has 1 heterocycles. The van der Waals surface area contributed by atoms with Crippen LogP contribution in [-0.2, 0) is 5.41 Å². The van der Waals surface area contributed by atoms with Crippen molar-refractivity contribution >= 4 is 17.4 Å². The minimum atomic E-state index is -0.156. The van der Waals surface area contributed by atoms with Crippen molar-refractivity contribution in [3.8, 4) is 0 Å². The van der Waals surface area contributed by atoms with E-state index in [1.165, 1.54) is 0 Å². The average Bonchev–Trinajstić information content (AvgIpc) is 2.72. The molecule has 0 saturated carbocycles. The summed E-state index contributed by atoms with van der Waals surface area (Å²) in [5.74, 6) is -0.0815. The van der Waals surface area contributed by atoms with Gasteiger partial charge in [0.2, 0.25) is 0 Å². The first kappa shape index (κ1) is 14.1. The zero-order valence-electron chi connectivity index (χ0n) is 10.6. The number of unbranched alkanes of at least 4 members (excludes halogenated alkanes) is 1. The highest BCUT2D eigenvalue weighted by Crippen LogP contribution is 2.25. The first-order valence-electron chi connectivity index (χ1n) is 5.78. The number of carbonyl (C=O) groups excluding carboxylic acids is 1. The maximum atomic E-state index is 11.9. The number of aromatic nitrogens is 2. The first-order chi connectivity index (χ1) is 7.96. The van der Waals surface area contributed by atoms with Gasteiger partial charge < -0.3 is 11.1 Å². The number of nitrogens with two attached hydrogens (primary N) is 1. The third-order valence-electron chi connectivity index (χ3n) is 2.32. The van der Waals surface area contributed by atoms with E-state index >= 15 is 0 Å². The van der Waals surface area contributed by atoms with Crippen LogP contribution in [0.4, 0.5) is 0 Å². The Labute approximate surface area is 106 Å². The van der Waals surface area contributed by atoms with E-state index < -0.39 is 0 Å². The molecule has 0 radical (unpaired) electrons. The molecule has 0 unspecified atom stereocenters. The van der Waals surface area contributed by atoms with Gasteiger partial charge in [-0.05, 0) is 30.9 Å². The van der Waals surface area contributed by atoms with E-state index in [-0.39, 0.29) is 11.3 Å². The van der Waals surface area contributed by atoms with Crippen molar-refractivity contribution in [1.82, 2.24) is 14.9 Å². The quantitative estimate of drug-likeness (QED) is 0.778. The Hall–Kier alpha value is -1.01. The van der Waals surface area contributed by atoms with Gasteiger partial charge in [-0.3, -0.25) is 4.79 Å². The second-order valence-electron chi connectivity index (χ2n) is 4.95. The van der Waals surface area contributed by atoms with Gasteiger partial charge in [0, 0.05) is 12.0 Å². The minimum absolute atomic E-state index is 0.0815. The Morgan fingerprint density at radius 1 is 1.41 bits per heavy atom. The smallest absolute Gasteiger partial charge is 0.264 e. The van der Waals surface area contributed by atoms with E-state index in [1.807, 2.05) is 20.8 Å². The lowest BCUT2D eigenvalue weighted by atomic mass is 9.91. The topological polar surface area (TPSA) is 80.9 Å². The summed E-state index contributed by atoms with van der Waals surface area (Å²) >= 11 is 1.15. The second kappa shape index (κ2) is 6.07. The van der Waals surface area contributed by atoms with Gasteiger partial charge in [-0.25, -0.2) is 0 Å². The maximum absolute atomic E-state index is 11.9. The fourth-order valence-corrected chi connectivity index (χ4v) is 2.17. The predicted octanol–water partition coefficient (Wildman–Crippen LogP) is 1.30. The molecule has 0 fully saturated rings. The molecule has 0 aromatic carbocycles. The highest BCUT2D eigenvalue weighted by Gasteiger charge is 2.25. The molecular formula is C11H20N4OS. The van der Waals surface area contributed by atoms with Gasteiger partial charge in [-0.2, -0.15) is 0 Å². The summed E-state index contributed by atoms with van der Waals surface area (Å²) in [7, 11) is 0. The van der Waals surface area contributed by atoms with Crippen LogP contribution in [0.3, 0.4) is 0 Å². The first-order valence-corrected chi connectivity index (χ1v) is 6.55. The van der Waals surface area contributed by atoms with Crippen LogP contribution < -0.4 is 11.1 Å². The van der Waals surface area contributed by atoms with Gasteiger partial charge in [0.25, 0.3) is 5.91 Å². The number of carbonyl (C=O) groups is 1. The van der Waals surface area contributed by atoms with Crippen LogP contribution in [0.2, 0.25) is 0 Å². The van der Waals surface area contributed by atoms with Crippen LogP contribution in [0.15, 0.2) is 0 Å². The normalized spacial score (nSPS) is 11.5. The Morgan fingerprint density at radius 2 is 2.12 bits per heavy atom. The molecule has 0 saturated heterocycles. The molecule has 96 valence electrons. The van der Waals surface area contributed by atoms with Crippen LogP contribution in [-0.4, -0.2) is 28.6 Å². The molecule has 1 aromatic rings. The minimum Gasteiger partial charge on any atom is -0.351 e. The third kappa shape index (κ3) is 4.05. The highest BCUT2D eigenvalue weighted by atomic mass is 32.1. The monoisotopic (exact) mass is 256 g/mol. The van der Waals surface area contributed by atoms with Gasteiger partial charge in [-0.15, -0.1) is 5.10 Å². The molecule has 0 bridgehead atoms. The Morgan fingerprint density at radius 3 is 2.71 bits per heavy atom. The Balaban J connectivity index is 2.61. The summed E-state index contributed by atoms with van der Waals surface area (Å²) in [6, 6.07) is 0. The molecule has 5 nitrogen and oxygen atoms in total. The molecule has 6 heteroatoms. The zero-order valence-corrected chi connectivity index (χ0v) is 11.4. The van der Waals surface area contributed by atoms with Crippen molar-refractivity contribution in [2.45, 2.75) is 39.0 Å². The Bertz CT molecular complexity index is 370. The number of nitrogens with one attached hydrogen (secondary N) is 1. The van der Waals surface area contributed by atoms with Gasteiger partial charge in [0.1, 0.15) is 4.88 Å². The molecule has 0 aliphatic carbocycles. The van der Waals surface area contributed by atoms with Gasteiger partial charge in [-0.1, -0.05) is 25.3 Å². The molecule has 1 rings (SSSR count). The van der Waals surface area contributed by atoms with E-state index in [4.69, 9.17) is 5.73 Å². The lowest BCUT2D eigenvalue weighted by molar-refractivity contribution is 0.0954. The largest absolute Gasteiger partial charge is 0.351 e. The molecule has 1 aromatic heterocycles. The van der Waals surface area contributed by atoms with Crippen molar-refractivity contribution in [1.29, 1.82) is 0 Å². The molecule has 0 atom stereocenters. The fraction of sp³-hybridized carbons (Fsp3) is 0.727. The Kier molecular flexibility index (Phi) is 5.02. The van der Waals surface area contributed by atoms with Crippen molar-refractivity contribution in [2.75, 3.05) is 13.1 Å². The molecule has 3 N–H and O–H groups in total.